The van der Waals surface area contributed by atoms with Crippen LogP contribution in [0.15, 0.2) is 85.1 Å². The molecular formula is C69H123NO8. The summed E-state index contributed by atoms with van der Waals surface area (Å²) in [6.07, 6.45) is 75.4. The largest absolute Gasteiger partial charge is 0.394 e. The summed E-state index contributed by atoms with van der Waals surface area (Å²) in [5.41, 5.74) is 0. The minimum Gasteiger partial charge on any atom is -0.394 e. The van der Waals surface area contributed by atoms with Gasteiger partial charge in [0.05, 0.1) is 25.4 Å². The second-order valence-electron chi connectivity index (χ2n) is 22.5. The molecule has 0 bridgehead atoms. The highest BCUT2D eigenvalue weighted by atomic mass is 16.7. The normalized spacial score (nSPS) is 19.2. The standard InChI is InChI=1S/C69H123NO8/c1-3-5-7-9-11-13-15-17-19-21-23-25-26-27-28-29-30-31-32-33-34-35-36-37-38-39-41-43-45-47-49-51-53-55-57-59-65(73)70-62(61-77-69-68(76)67(75)66(74)64(60-71)78-69)63(72)58-56-54-52-50-48-46-44-42-40-24-22-20-18-16-14-12-10-8-6-4-2/h5,7,11,13,17,19,23,25,40,42,48,50,56,58,62-64,66-69,71-72,74-76H,3-4,6,8-10,12,14-16,18,20-22,24,26-39,41,43-47,49,51-55,57,59-61H2,1-2H3,(H,70,73)/b7-5-,13-11-,19-17-,25-23-,42-40+,50-48+,58-56+. The zero-order chi connectivity index (χ0) is 56.5. The lowest BCUT2D eigenvalue weighted by atomic mass is 9.99. The molecule has 1 heterocycles. The summed E-state index contributed by atoms with van der Waals surface area (Å²) in [5.74, 6) is -0.188. The minimum absolute atomic E-state index is 0.188. The smallest absolute Gasteiger partial charge is 0.220 e. The number of hydrogen-bond acceptors (Lipinski definition) is 8. The van der Waals surface area contributed by atoms with Gasteiger partial charge in [-0.2, -0.15) is 0 Å². The highest BCUT2D eigenvalue weighted by molar-refractivity contribution is 5.76. The van der Waals surface area contributed by atoms with Crippen LogP contribution in [0.5, 0.6) is 0 Å². The van der Waals surface area contributed by atoms with Crippen molar-refractivity contribution in [1.82, 2.24) is 5.32 Å². The number of unbranched alkanes of at least 4 members (excludes halogenated alkanes) is 34. The van der Waals surface area contributed by atoms with Crippen molar-refractivity contribution in [3.8, 4) is 0 Å². The summed E-state index contributed by atoms with van der Waals surface area (Å²) in [5, 5.41) is 54.6. The number of aliphatic hydroxyl groups excluding tert-OH is 5. The van der Waals surface area contributed by atoms with E-state index in [2.05, 4.69) is 92.1 Å². The molecular weight excluding hydrogens is 971 g/mol. The molecule has 1 fully saturated rings. The highest BCUT2D eigenvalue weighted by Gasteiger charge is 2.44. The zero-order valence-corrected chi connectivity index (χ0v) is 50.4. The Morgan fingerprint density at radius 2 is 0.808 bits per heavy atom. The van der Waals surface area contributed by atoms with Gasteiger partial charge in [0.15, 0.2) is 6.29 Å². The van der Waals surface area contributed by atoms with Gasteiger partial charge in [0, 0.05) is 6.42 Å². The van der Waals surface area contributed by atoms with Crippen molar-refractivity contribution in [3.63, 3.8) is 0 Å². The molecule has 6 N–H and O–H groups in total. The van der Waals surface area contributed by atoms with E-state index in [1.54, 1.807) is 6.08 Å². The first-order chi connectivity index (χ1) is 38.3. The van der Waals surface area contributed by atoms with Crippen LogP contribution in [0.25, 0.3) is 0 Å². The van der Waals surface area contributed by atoms with Crippen molar-refractivity contribution >= 4 is 5.91 Å². The molecule has 452 valence electrons. The van der Waals surface area contributed by atoms with Crippen molar-refractivity contribution in [1.29, 1.82) is 0 Å². The van der Waals surface area contributed by atoms with Crippen LogP contribution in [0.1, 0.15) is 290 Å². The summed E-state index contributed by atoms with van der Waals surface area (Å²) in [4.78, 5) is 13.1. The van der Waals surface area contributed by atoms with E-state index < -0.39 is 49.5 Å². The average molecular weight is 1090 g/mol. The number of carbonyl (C=O) groups excluding carboxylic acids is 1. The Kier molecular flexibility index (Phi) is 54.2. The molecule has 0 aromatic carbocycles. The van der Waals surface area contributed by atoms with Crippen LogP contribution in [0, 0.1) is 0 Å². The third kappa shape index (κ3) is 46.0. The lowest BCUT2D eigenvalue weighted by Gasteiger charge is -2.40. The summed E-state index contributed by atoms with van der Waals surface area (Å²) in [7, 11) is 0. The molecule has 0 aliphatic carbocycles. The Hall–Kier alpha value is -2.63. The molecule has 1 amide bonds. The van der Waals surface area contributed by atoms with E-state index in [0.29, 0.717) is 6.42 Å². The Morgan fingerprint density at radius 1 is 0.449 bits per heavy atom. The molecule has 1 rings (SSSR count). The molecule has 1 aliphatic rings. The lowest BCUT2D eigenvalue weighted by molar-refractivity contribution is -0.302. The third-order valence-corrected chi connectivity index (χ3v) is 15.2. The molecule has 9 heteroatoms. The predicted molar refractivity (Wildman–Crippen MR) is 332 cm³/mol. The zero-order valence-electron chi connectivity index (χ0n) is 50.4. The molecule has 7 unspecified atom stereocenters. The number of allylic oxidation sites excluding steroid dienone is 13. The van der Waals surface area contributed by atoms with E-state index in [-0.39, 0.29) is 12.5 Å². The second-order valence-corrected chi connectivity index (χ2v) is 22.5. The maximum atomic E-state index is 13.1. The van der Waals surface area contributed by atoms with Crippen LogP contribution in [0.4, 0.5) is 0 Å². The Bertz CT molecular complexity index is 1500. The SMILES string of the molecule is CC/C=C\C/C=C\C/C=C\C/C=C\CCCCCCCCCCCCCCCCCCCCCCCCC(=O)NC(COC1OC(CO)C(O)C(O)C1O)C(O)/C=C/CC/C=C/CC/C=C/CCCCCCCCCCCC. The Morgan fingerprint density at radius 3 is 1.23 bits per heavy atom. The first-order valence-corrected chi connectivity index (χ1v) is 32.8. The van der Waals surface area contributed by atoms with Gasteiger partial charge in [0.2, 0.25) is 5.91 Å². The fraction of sp³-hybridized carbons (Fsp3) is 0.783. The molecule has 0 saturated carbocycles. The van der Waals surface area contributed by atoms with Gasteiger partial charge in [-0.1, -0.05) is 285 Å². The van der Waals surface area contributed by atoms with Crippen molar-refractivity contribution < 1.29 is 39.8 Å². The van der Waals surface area contributed by atoms with Crippen molar-refractivity contribution in [2.45, 2.75) is 333 Å². The fourth-order valence-corrected chi connectivity index (χ4v) is 10.1. The molecule has 0 aromatic heterocycles. The quantitative estimate of drug-likeness (QED) is 0.0261. The molecule has 9 nitrogen and oxygen atoms in total. The number of nitrogens with one attached hydrogen (secondary N) is 1. The van der Waals surface area contributed by atoms with Crippen LogP contribution in [0.3, 0.4) is 0 Å². The average Bonchev–Trinajstić information content (AvgIpc) is 3.45. The Balaban J connectivity index is 2.13. The van der Waals surface area contributed by atoms with E-state index in [0.717, 1.165) is 70.6 Å². The second kappa shape index (κ2) is 57.6. The summed E-state index contributed by atoms with van der Waals surface area (Å²) in [6.45, 7) is 3.67. The molecule has 0 radical (unpaired) electrons. The number of aliphatic hydroxyl groups is 5. The molecule has 1 aliphatic heterocycles. The van der Waals surface area contributed by atoms with E-state index in [9.17, 15) is 30.3 Å². The summed E-state index contributed by atoms with van der Waals surface area (Å²) in [6, 6.07) is -0.831. The number of ether oxygens (including phenoxy) is 2. The van der Waals surface area contributed by atoms with Crippen LogP contribution >= 0.6 is 0 Å². The Labute approximate surface area is 480 Å². The van der Waals surface area contributed by atoms with Gasteiger partial charge in [-0.15, -0.1) is 0 Å². The van der Waals surface area contributed by atoms with Gasteiger partial charge in [0.1, 0.15) is 24.4 Å². The number of hydrogen-bond donors (Lipinski definition) is 6. The van der Waals surface area contributed by atoms with Crippen LogP contribution in [-0.4, -0.2) is 87.5 Å². The monoisotopic (exact) mass is 1090 g/mol. The van der Waals surface area contributed by atoms with E-state index in [4.69, 9.17) is 9.47 Å². The fourth-order valence-electron chi connectivity index (χ4n) is 10.1. The van der Waals surface area contributed by atoms with Gasteiger partial charge in [-0.05, 0) is 83.5 Å². The number of carbonyl (C=O) groups is 1. The van der Waals surface area contributed by atoms with Crippen molar-refractivity contribution in [2.75, 3.05) is 13.2 Å². The van der Waals surface area contributed by atoms with E-state index >= 15 is 0 Å². The molecule has 1 saturated heterocycles. The first kappa shape index (κ1) is 73.4. The highest BCUT2D eigenvalue weighted by Crippen LogP contribution is 2.23. The van der Waals surface area contributed by atoms with Crippen molar-refractivity contribution in [2.24, 2.45) is 0 Å². The lowest BCUT2D eigenvalue weighted by Crippen LogP contribution is -2.60. The van der Waals surface area contributed by atoms with Crippen LogP contribution < -0.4 is 5.32 Å². The van der Waals surface area contributed by atoms with Gasteiger partial charge in [0.25, 0.3) is 0 Å². The number of amides is 1. The van der Waals surface area contributed by atoms with E-state index in [1.165, 1.54) is 199 Å². The minimum atomic E-state index is -1.58. The summed E-state index contributed by atoms with van der Waals surface area (Å²) < 4.78 is 11.3. The van der Waals surface area contributed by atoms with Crippen LogP contribution in [0.2, 0.25) is 0 Å². The molecule has 0 spiro atoms. The van der Waals surface area contributed by atoms with Gasteiger partial charge >= 0.3 is 0 Å². The van der Waals surface area contributed by atoms with Crippen LogP contribution in [-0.2, 0) is 14.3 Å². The van der Waals surface area contributed by atoms with E-state index in [1.807, 2.05) is 6.08 Å². The topological polar surface area (TPSA) is 149 Å². The molecule has 0 aromatic rings. The van der Waals surface area contributed by atoms with Gasteiger partial charge in [-0.3, -0.25) is 4.79 Å². The summed E-state index contributed by atoms with van der Waals surface area (Å²) >= 11 is 0. The predicted octanol–water partition coefficient (Wildman–Crippen LogP) is 17.4. The van der Waals surface area contributed by atoms with Gasteiger partial charge < -0.3 is 40.3 Å². The molecule has 7 atom stereocenters. The number of rotatable bonds is 56. The third-order valence-electron chi connectivity index (χ3n) is 15.2. The first-order valence-electron chi connectivity index (χ1n) is 32.8. The van der Waals surface area contributed by atoms with Crippen molar-refractivity contribution in [3.05, 3.63) is 85.1 Å². The molecule has 78 heavy (non-hydrogen) atoms. The maximum absolute atomic E-state index is 13.1. The maximum Gasteiger partial charge on any atom is 0.220 e. The van der Waals surface area contributed by atoms with Gasteiger partial charge in [-0.25, -0.2) is 0 Å².